The number of halogens is 1. The first-order valence-electron chi connectivity index (χ1n) is 10.6. The van der Waals surface area contributed by atoms with Gasteiger partial charge in [-0.1, -0.05) is 50.6 Å². The number of carbonyl (C=O) groups is 1. The van der Waals surface area contributed by atoms with E-state index in [0.717, 1.165) is 54.8 Å². The second-order valence-corrected chi connectivity index (χ2v) is 8.13. The smallest absolute Gasteiger partial charge is 0.222 e. The van der Waals surface area contributed by atoms with Crippen LogP contribution in [0.4, 0.5) is 4.39 Å². The quantitative estimate of drug-likeness (QED) is 0.579. The number of benzene rings is 2. The molecular weight excluding hydrogens is 365 g/mol. The van der Waals surface area contributed by atoms with E-state index in [2.05, 4.69) is 18.4 Å². The number of piperidine rings is 1. The first-order valence-corrected chi connectivity index (χ1v) is 10.6. The molecule has 3 aromatic rings. The molecule has 1 aliphatic rings. The van der Waals surface area contributed by atoms with E-state index in [9.17, 15) is 9.18 Å². The van der Waals surface area contributed by atoms with Crippen LogP contribution >= 0.6 is 0 Å². The molecule has 2 heterocycles. The summed E-state index contributed by atoms with van der Waals surface area (Å²) in [4.78, 5) is 19.4. The molecule has 0 radical (unpaired) electrons. The van der Waals surface area contributed by atoms with Crippen molar-refractivity contribution in [1.82, 2.24) is 14.5 Å². The molecule has 1 amide bonds. The highest BCUT2D eigenvalue weighted by Crippen LogP contribution is 2.34. The minimum absolute atomic E-state index is 0.199. The van der Waals surface area contributed by atoms with Crippen LogP contribution in [-0.4, -0.2) is 33.4 Å². The lowest BCUT2D eigenvalue weighted by Crippen LogP contribution is -2.39. The van der Waals surface area contributed by atoms with Crippen molar-refractivity contribution in [3.05, 3.63) is 54.3 Å². The van der Waals surface area contributed by atoms with E-state index in [-0.39, 0.29) is 17.8 Å². The average Bonchev–Trinajstić information content (AvgIpc) is 3.13. The standard InChI is InChI=1S/C24H28FN3O/c1-3-17(2)15-23(29)27-13-11-20(12-14-27)28-22-16-19(25)9-10-21(22)26-24(28)18-7-5-4-6-8-18/h4-10,16-17,20H,3,11-15H2,1-2H3/t17-/m1/s1. The summed E-state index contributed by atoms with van der Waals surface area (Å²) in [5.41, 5.74) is 2.66. The van der Waals surface area contributed by atoms with Crippen molar-refractivity contribution in [2.75, 3.05) is 13.1 Å². The molecule has 1 aromatic heterocycles. The molecule has 2 aromatic carbocycles. The number of aromatic nitrogens is 2. The highest BCUT2D eigenvalue weighted by atomic mass is 19.1. The molecule has 0 bridgehead atoms. The highest BCUT2D eigenvalue weighted by Gasteiger charge is 2.27. The summed E-state index contributed by atoms with van der Waals surface area (Å²) in [6.07, 6.45) is 3.35. The van der Waals surface area contributed by atoms with E-state index in [1.54, 1.807) is 12.1 Å². The lowest BCUT2D eigenvalue weighted by Gasteiger charge is -2.34. The maximum Gasteiger partial charge on any atom is 0.222 e. The van der Waals surface area contributed by atoms with E-state index in [1.807, 2.05) is 35.2 Å². The zero-order valence-electron chi connectivity index (χ0n) is 17.1. The minimum atomic E-state index is -0.251. The maximum absolute atomic E-state index is 14.0. The number of amides is 1. The Labute approximate surface area is 171 Å². The Balaban J connectivity index is 1.62. The zero-order chi connectivity index (χ0) is 20.4. The second kappa shape index (κ2) is 8.36. The van der Waals surface area contributed by atoms with Crippen molar-refractivity contribution in [3.63, 3.8) is 0 Å². The Kier molecular flexibility index (Phi) is 5.65. The SMILES string of the molecule is CC[C@@H](C)CC(=O)N1CCC(n2c(-c3ccccc3)nc3ccc(F)cc32)CC1. The van der Waals surface area contributed by atoms with Crippen LogP contribution in [0.2, 0.25) is 0 Å². The average molecular weight is 394 g/mol. The van der Waals surface area contributed by atoms with Gasteiger partial charge in [-0.2, -0.15) is 0 Å². The van der Waals surface area contributed by atoms with E-state index in [1.165, 1.54) is 6.07 Å². The largest absolute Gasteiger partial charge is 0.343 e. The van der Waals surface area contributed by atoms with E-state index in [0.29, 0.717) is 12.3 Å². The Bertz CT molecular complexity index is 990. The van der Waals surface area contributed by atoms with Crippen molar-refractivity contribution in [1.29, 1.82) is 0 Å². The number of rotatable bonds is 5. The summed E-state index contributed by atoms with van der Waals surface area (Å²) < 4.78 is 16.2. The first-order chi connectivity index (χ1) is 14.1. The van der Waals surface area contributed by atoms with Crippen LogP contribution in [0.15, 0.2) is 48.5 Å². The van der Waals surface area contributed by atoms with Gasteiger partial charge in [-0.05, 0) is 37.0 Å². The Morgan fingerprint density at radius 1 is 1.17 bits per heavy atom. The maximum atomic E-state index is 14.0. The van der Waals surface area contributed by atoms with Crippen molar-refractivity contribution in [2.24, 2.45) is 5.92 Å². The van der Waals surface area contributed by atoms with E-state index >= 15 is 0 Å². The van der Waals surface area contributed by atoms with Crippen molar-refractivity contribution >= 4 is 16.9 Å². The van der Waals surface area contributed by atoms with Crippen LogP contribution in [0.5, 0.6) is 0 Å². The Hall–Kier alpha value is -2.69. The minimum Gasteiger partial charge on any atom is -0.343 e. The van der Waals surface area contributed by atoms with Gasteiger partial charge in [0, 0.05) is 31.1 Å². The normalized spacial score (nSPS) is 16.3. The van der Waals surface area contributed by atoms with Gasteiger partial charge in [0.25, 0.3) is 0 Å². The molecule has 0 aliphatic carbocycles. The predicted octanol–water partition coefficient (Wildman–Crippen LogP) is 5.44. The fourth-order valence-electron chi connectivity index (χ4n) is 4.17. The van der Waals surface area contributed by atoms with Crippen LogP contribution < -0.4 is 0 Å². The third-order valence-electron chi connectivity index (χ3n) is 6.09. The molecule has 0 spiro atoms. The molecular formula is C24H28FN3O. The molecule has 1 aliphatic heterocycles. The number of hydrogen-bond acceptors (Lipinski definition) is 2. The van der Waals surface area contributed by atoms with Gasteiger partial charge in [0.1, 0.15) is 11.6 Å². The lowest BCUT2D eigenvalue weighted by molar-refractivity contribution is -0.133. The molecule has 0 unspecified atom stereocenters. The third kappa shape index (κ3) is 4.04. The predicted molar refractivity (Wildman–Crippen MR) is 114 cm³/mol. The summed E-state index contributed by atoms with van der Waals surface area (Å²) in [5, 5.41) is 0. The summed E-state index contributed by atoms with van der Waals surface area (Å²) in [7, 11) is 0. The molecule has 0 saturated carbocycles. The topological polar surface area (TPSA) is 38.1 Å². The fraction of sp³-hybridized carbons (Fsp3) is 0.417. The van der Waals surface area contributed by atoms with Crippen LogP contribution in [0.25, 0.3) is 22.4 Å². The van der Waals surface area contributed by atoms with Gasteiger partial charge in [0.05, 0.1) is 11.0 Å². The van der Waals surface area contributed by atoms with Crippen LogP contribution in [-0.2, 0) is 4.79 Å². The van der Waals surface area contributed by atoms with Gasteiger partial charge in [-0.3, -0.25) is 4.79 Å². The summed E-state index contributed by atoms with van der Waals surface area (Å²) in [6, 6.07) is 15.0. The van der Waals surface area contributed by atoms with Crippen LogP contribution in [0.3, 0.4) is 0 Å². The monoisotopic (exact) mass is 393 g/mol. The van der Waals surface area contributed by atoms with E-state index in [4.69, 9.17) is 4.98 Å². The molecule has 4 nitrogen and oxygen atoms in total. The Morgan fingerprint density at radius 2 is 1.90 bits per heavy atom. The molecule has 152 valence electrons. The number of hydrogen-bond donors (Lipinski definition) is 0. The highest BCUT2D eigenvalue weighted by molar-refractivity contribution is 5.81. The number of fused-ring (bicyclic) bond motifs is 1. The summed E-state index contributed by atoms with van der Waals surface area (Å²) in [5.74, 6) is 1.29. The van der Waals surface area contributed by atoms with Crippen LogP contribution in [0, 0.1) is 11.7 Å². The Morgan fingerprint density at radius 3 is 2.59 bits per heavy atom. The lowest BCUT2D eigenvalue weighted by atomic mass is 10.0. The van der Waals surface area contributed by atoms with Crippen molar-refractivity contribution < 1.29 is 9.18 Å². The fourth-order valence-corrected chi connectivity index (χ4v) is 4.17. The van der Waals surface area contributed by atoms with Crippen LogP contribution in [0.1, 0.15) is 45.6 Å². The summed E-state index contributed by atoms with van der Waals surface area (Å²) >= 11 is 0. The molecule has 1 saturated heterocycles. The van der Waals surface area contributed by atoms with Gasteiger partial charge >= 0.3 is 0 Å². The van der Waals surface area contributed by atoms with Gasteiger partial charge < -0.3 is 9.47 Å². The molecule has 4 rings (SSSR count). The number of imidazole rings is 1. The van der Waals surface area contributed by atoms with Crippen molar-refractivity contribution in [2.45, 2.75) is 45.6 Å². The third-order valence-corrected chi connectivity index (χ3v) is 6.09. The molecule has 29 heavy (non-hydrogen) atoms. The molecule has 1 fully saturated rings. The van der Waals surface area contributed by atoms with Gasteiger partial charge in [0.2, 0.25) is 5.91 Å². The van der Waals surface area contributed by atoms with Gasteiger partial charge in [-0.25, -0.2) is 9.37 Å². The number of likely N-dealkylation sites (tertiary alicyclic amines) is 1. The number of nitrogens with zero attached hydrogens (tertiary/aromatic N) is 3. The molecule has 0 N–H and O–H groups in total. The first kappa shape index (κ1) is 19.6. The van der Waals surface area contributed by atoms with Gasteiger partial charge in [0.15, 0.2) is 0 Å². The zero-order valence-corrected chi connectivity index (χ0v) is 17.1. The van der Waals surface area contributed by atoms with Crippen molar-refractivity contribution in [3.8, 4) is 11.4 Å². The number of carbonyl (C=O) groups excluding carboxylic acids is 1. The summed E-state index contributed by atoms with van der Waals surface area (Å²) in [6.45, 7) is 5.73. The molecule has 1 atom stereocenters. The second-order valence-electron chi connectivity index (χ2n) is 8.13. The molecule has 5 heteroatoms. The van der Waals surface area contributed by atoms with Gasteiger partial charge in [-0.15, -0.1) is 0 Å². The van der Waals surface area contributed by atoms with E-state index < -0.39 is 0 Å².